The molecule has 110 valence electrons. The number of aliphatic imine (C=N–C) groups is 1. The van der Waals surface area contributed by atoms with Gasteiger partial charge in [-0.05, 0) is 36.4 Å². The van der Waals surface area contributed by atoms with Gasteiger partial charge in [0, 0.05) is 5.69 Å². The number of nitrogens with one attached hydrogen (secondary N) is 2. The van der Waals surface area contributed by atoms with Crippen LogP contribution in [0.3, 0.4) is 0 Å². The predicted molar refractivity (Wildman–Crippen MR) is 77.6 cm³/mol. The van der Waals surface area contributed by atoms with Crippen LogP contribution in [-0.2, 0) is 0 Å². The second-order valence-corrected chi connectivity index (χ2v) is 3.97. The Kier molecular flexibility index (Phi) is 5.05. The Morgan fingerprint density at radius 2 is 1.71 bits per heavy atom. The molecule has 0 aliphatic rings. The van der Waals surface area contributed by atoms with Crippen molar-refractivity contribution < 1.29 is 13.5 Å². The van der Waals surface area contributed by atoms with Gasteiger partial charge in [-0.1, -0.05) is 18.2 Å². The molecule has 0 aliphatic heterocycles. The summed E-state index contributed by atoms with van der Waals surface area (Å²) in [5, 5.41) is 2.99. The molecule has 0 saturated carbocycles. The van der Waals surface area contributed by atoms with E-state index in [-0.39, 0.29) is 5.75 Å². The summed E-state index contributed by atoms with van der Waals surface area (Å²) in [4.78, 5) is 4.22. The summed E-state index contributed by atoms with van der Waals surface area (Å²) in [7, 11) is 0. The fourth-order valence-corrected chi connectivity index (χ4v) is 1.59. The molecule has 0 heterocycles. The number of benzene rings is 2. The number of halogens is 2. The Balaban J connectivity index is 2.08. The lowest BCUT2D eigenvalue weighted by atomic mass is 10.3. The minimum atomic E-state index is -2.85. The van der Waals surface area contributed by atoms with Crippen LogP contribution < -0.4 is 21.3 Å². The minimum absolute atomic E-state index is 0.0715. The molecular weight excluding hydrogens is 278 g/mol. The van der Waals surface area contributed by atoms with Crippen LogP contribution in [0.1, 0.15) is 0 Å². The summed E-state index contributed by atoms with van der Waals surface area (Å²) >= 11 is 0. The van der Waals surface area contributed by atoms with E-state index in [0.717, 1.165) is 5.69 Å². The molecule has 2 rings (SSSR count). The maximum Gasteiger partial charge on any atom is 0.387 e. The van der Waals surface area contributed by atoms with Crippen LogP contribution in [0, 0.1) is 0 Å². The molecular formula is C14H14F2N4O. The number of hydrazine groups is 1. The van der Waals surface area contributed by atoms with E-state index in [1.54, 1.807) is 12.1 Å². The maximum atomic E-state index is 12.0. The van der Waals surface area contributed by atoms with Crippen molar-refractivity contribution in [1.82, 2.24) is 5.43 Å². The van der Waals surface area contributed by atoms with Crippen LogP contribution in [0.25, 0.3) is 0 Å². The third-order valence-electron chi connectivity index (χ3n) is 2.48. The highest BCUT2D eigenvalue weighted by atomic mass is 19.3. The first-order valence-corrected chi connectivity index (χ1v) is 6.09. The number of hydrogen-bond donors (Lipinski definition) is 3. The van der Waals surface area contributed by atoms with Gasteiger partial charge in [0.1, 0.15) is 5.75 Å². The molecule has 0 bridgehead atoms. The average molecular weight is 292 g/mol. The highest BCUT2D eigenvalue weighted by Crippen LogP contribution is 2.19. The molecule has 5 nitrogen and oxygen atoms in total. The van der Waals surface area contributed by atoms with Crippen LogP contribution in [0.2, 0.25) is 0 Å². The highest BCUT2D eigenvalue weighted by Gasteiger charge is 2.04. The second kappa shape index (κ2) is 7.20. The molecule has 4 N–H and O–H groups in total. The van der Waals surface area contributed by atoms with Crippen LogP contribution in [-0.4, -0.2) is 12.6 Å². The van der Waals surface area contributed by atoms with E-state index in [2.05, 4.69) is 20.5 Å². The van der Waals surface area contributed by atoms with Crippen molar-refractivity contribution in [2.24, 2.45) is 10.8 Å². The van der Waals surface area contributed by atoms with E-state index in [9.17, 15) is 8.78 Å². The fourth-order valence-electron chi connectivity index (χ4n) is 1.59. The van der Waals surface area contributed by atoms with Crippen LogP contribution in [0.4, 0.5) is 20.2 Å². The smallest absolute Gasteiger partial charge is 0.387 e. The second-order valence-electron chi connectivity index (χ2n) is 3.97. The van der Waals surface area contributed by atoms with Crippen molar-refractivity contribution in [2.75, 3.05) is 5.32 Å². The van der Waals surface area contributed by atoms with Crippen molar-refractivity contribution in [1.29, 1.82) is 0 Å². The third kappa shape index (κ3) is 4.73. The third-order valence-corrected chi connectivity index (χ3v) is 2.48. The van der Waals surface area contributed by atoms with Gasteiger partial charge in [-0.3, -0.25) is 5.43 Å². The summed E-state index contributed by atoms with van der Waals surface area (Å²) < 4.78 is 28.3. The monoisotopic (exact) mass is 292 g/mol. The van der Waals surface area contributed by atoms with E-state index in [4.69, 9.17) is 5.84 Å². The molecule has 2 aromatic rings. The number of alkyl halides is 2. The van der Waals surface area contributed by atoms with E-state index in [1.807, 2.05) is 30.3 Å². The SMILES string of the molecule is NNC(=Nc1ccc(OC(F)F)cc1)Nc1ccccc1. The van der Waals surface area contributed by atoms with Crippen molar-refractivity contribution >= 4 is 17.3 Å². The van der Waals surface area contributed by atoms with Crippen LogP contribution >= 0.6 is 0 Å². The van der Waals surface area contributed by atoms with Gasteiger partial charge in [-0.25, -0.2) is 10.8 Å². The first-order chi connectivity index (χ1) is 10.2. The van der Waals surface area contributed by atoms with Crippen LogP contribution in [0.15, 0.2) is 59.6 Å². The van der Waals surface area contributed by atoms with E-state index < -0.39 is 6.61 Å². The Labute approximate surface area is 120 Å². The van der Waals surface area contributed by atoms with Crippen molar-refractivity contribution in [3.05, 3.63) is 54.6 Å². The molecule has 0 aliphatic carbocycles. The Morgan fingerprint density at radius 3 is 2.29 bits per heavy atom. The molecule has 2 aromatic carbocycles. The molecule has 7 heteroatoms. The van der Waals surface area contributed by atoms with Gasteiger partial charge in [0.15, 0.2) is 0 Å². The van der Waals surface area contributed by atoms with E-state index in [1.165, 1.54) is 12.1 Å². The summed E-state index contributed by atoms with van der Waals surface area (Å²) in [5.74, 6) is 5.79. The number of nitrogens with two attached hydrogens (primary N) is 1. The average Bonchev–Trinajstić information content (AvgIpc) is 2.49. The quantitative estimate of drug-likeness (QED) is 0.351. The minimum Gasteiger partial charge on any atom is -0.435 e. The molecule has 0 radical (unpaired) electrons. The van der Waals surface area contributed by atoms with Gasteiger partial charge in [-0.2, -0.15) is 8.78 Å². The number of anilines is 1. The normalized spacial score (nSPS) is 11.3. The lowest BCUT2D eigenvalue weighted by Gasteiger charge is -2.09. The first kappa shape index (κ1) is 14.7. The Morgan fingerprint density at radius 1 is 1.05 bits per heavy atom. The van der Waals surface area contributed by atoms with Gasteiger partial charge in [0.25, 0.3) is 0 Å². The summed E-state index contributed by atoms with van der Waals surface area (Å²) in [5.41, 5.74) is 3.78. The predicted octanol–water partition coefficient (Wildman–Crippen LogP) is 2.85. The van der Waals surface area contributed by atoms with Gasteiger partial charge in [0.05, 0.1) is 5.69 Å². The molecule has 0 amide bonds. The summed E-state index contributed by atoms with van der Waals surface area (Å²) in [6.07, 6.45) is 0. The zero-order chi connectivity index (χ0) is 15.1. The summed E-state index contributed by atoms with van der Waals surface area (Å²) in [6, 6.07) is 15.2. The molecule has 0 unspecified atom stereocenters. The molecule has 0 saturated heterocycles. The van der Waals surface area contributed by atoms with Crippen molar-refractivity contribution in [2.45, 2.75) is 6.61 Å². The van der Waals surface area contributed by atoms with Gasteiger partial charge in [-0.15, -0.1) is 0 Å². The highest BCUT2D eigenvalue weighted by molar-refractivity contribution is 5.94. The largest absolute Gasteiger partial charge is 0.435 e. The van der Waals surface area contributed by atoms with Gasteiger partial charge < -0.3 is 10.1 Å². The zero-order valence-corrected chi connectivity index (χ0v) is 11.0. The summed E-state index contributed by atoms with van der Waals surface area (Å²) in [6.45, 7) is -2.85. The molecule has 0 atom stereocenters. The molecule has 21 heavy (non-hydrogen) atoms. The Bertz CT molecular complexity index is 588. The van der Waals surface area contributed by atoms with Crippen molar-refractivity contribution in [3.8, 4) is 5.75 Å². The number of nitrogens with zero attached hydrogens (tertiary/aromatic N) is 1. The molecule has 0 aromatic heterocycles. The number of rotatable bonds is 4. The number of hydrogen-bond acceptors (Lipinski definition) is 3. The maximum absolute atomic E-state index is 12.0. The van der Waals surface area contributed by atoms with Gasteiger partial charge >= 0.3 is 6.61 Å². The van der Waals surface area contributed by atoms with E-state index >= 15 is 0 Å². The van der Waals surface area contributed by atoms with Crippen LogP contribution in [0.5, 0.6) is 5.75 Å². The van der Waals surface area contributed by atoms with Crippen molar-refractivity contribution in [3.63, 3.8) is 0 Å². The number of ether oxygens (including phenoxy) is 1. The molecule has 0 fully saturated rings. The lowest BCUT2D eigenvalue weighted by Crippen LogP contribution is -2.35. The fraction of sp³-hybridized carbons (Fsp3) is 0.0714. The number of para-hydroxylation sites is 1. The standard InChI is InChI=1S/C14H14F2N4O/c15-13(16)21-12-8-6-11(7-9-12)19-14(20-17)18-10-4-2-1-3-5-10/h1-9,13H,17H2,(H2,18,19,20). The Hall–Kier alpha value is -2.67. The number of guanidine groups is 1. The first-order valence-electron chi connectivity index (χ1n) is 6.09. The topological polar surface area (TPSA) is 71.7 Å². The van der Waals surface area contributed by atoms with E-state index in [0.29, 0.717) is 11.6 Å². The molecule has 0 spiro atoms. The van der Waals surface area contributed by atoms with Gasteiger partial charge in [0.2, 0.25) is 5.96 Å². The zero-order valence-electron chi connectivity index (χ0n) is 11.0. The lowest BCUT2D eigenvalue weighted by molar-refractivity contribution is -0.0498.